The van der Waals surface area contributed by atoms with E-state index in [2.05, 4.69) is 20.6 Å². The molecule has 1 heterocycles. The van der Waals surface area contributed by atoms with Crippen LogP contribution in [0.25, 0.3) is 0 Å². The molecule has 0 saturated carbocycles. The van der Waals surface area contributed by atoms with Crippen molar-refractivity contribution in [2.45, 2.75) is 13.0 Å². The lowest BCUT2D eigenvalue weighted by atomic mass is 10.3. The Balaban J connectivity index is 2.14. The van der Waals surface area contributed by atoms with Crippen molar-refractivity contribution >= 4 is 29.2 Å². The lowest BCUT2D eigenvalue weighted by molar-refractivity contribution is 0.600. The van der Waals surface area contributed by atoms with Crippen LogP contribution in [-0.4, -0.2) is 43.5 Å². The summed E-state index contributed by atoms with van der Waals surface area (Å²) < 4.78 is 0. The Morgan fingerprint density at radius 2 is 2.00 bits per heavy atom. The van der Waals surface area contributed by atoms with Crippen molar-refractivity contribution in [2.24, 2.45) is 9.98 Å². The Morgan fingerprint density at radius 3 is 2.63 bits per heavy atom. The molecule has 102 valence electrons. The molecule has 1 aliphatic heterocycles. The molecule has 5 nitrogen and oxygen atoms in total. The van der Waals surface area contributed by atoms with Crippen molar-refractivity contribution in [2.75, 3.05) is 26.0 Å². The maximum Gasteiger partial charge on any atom is 0.202 e. The fourth-order valence-corrected chi connectivity index (χ4v) is 1.77. The minimum Gasteiger partial charge on any atom is -0.349 e. The number of anilines is 1. The topological polar surface area (TPSA) is 52.0 Å². The van der Waals surface area contributed by atoms with E-state index in [1.54, 1.807) is 0 Å². The Labute approximate surface area is 118 Å². The summed E-state index contributed by atoms with van der Waals surface area (Å²) in [7, 11) is 3.89. The van der Waals surface area contributed by atoms with Crippen LogP contribution in [0.4, 0.5) is 5.69 Å². The van der Waals surface area contributed by atoms with Gasteiger partial charge in [-0.2, -0.15) is 0 Å². The molecule has 2 N–H and O–H groups in total. The number of hydrogen-bond acceptors (Lipinski definition) is 5. The molecule has 0 spiro atoms. The van der Waals surface area contributed by atoms with Gasteiger partial charge >= 0.3 is 0 Å². The lowest BCUT2D eigenvalue weighted by Gasteiger charge is -2.17. The summed E-state index contributed by atoms with van der Waals surface area (Å²) in [5.74, 6) is 1.49. The fourth-order valence-electron chi connectivity index (χ4n) is 1.64. The average molecular weight is 280 g/mol. The van der Waals surface area contributed by atoms with Gasteiger partial charge in [0.2, 0.25) is 5.96 Å². The van der Waals surface area contributed by atoms with Crippen LogP contribution in [0.3, 0.4) is 0 Å². The number of nitrogens with one attached hydrogen (secondary N) is 2. The number of rotatable bonds is 1. The van der Waals surface area contributed by atoms with Gasteiger partial charge in [-0.05, 0) is 31.2 Å². The van der Waals surface area contributed by atoms with Gasteiger partial charge in [0.25, 0.3) is 0 Å². The van der Waals surface area contributed by atoms with Crippen LogP contribution in [0.1, 0.15) is 6.92 Å². The third-order valence-electron chi connectivity index (χ3n) is 2.62. The SMILES string of the molecule is CC1CN=C(N(C)C)NC(Nc2ccc(Cl)cc2)=N1. The molecule has 1 unspecified atom stereocenters. The van der Waals surface area contributed by atoms with Crippen LogP contribution in [0.15, 0.2) is 34.3 Å². The Hall–Kier alpha value is -1.75. The van der Waals surface area contributed by atoms with Crippen molar-refractivity contribution in [3.8, 4) is 0 Å². The predicted octanol–water partition coefficient (Wildman–Crippen LogP) is 2.02. The van der Waals surface area contributed by atoms with E-state index in [-0.39, 0.29) is 6.04 Å². The van der Waals surface area contributed by atoms with E-state index >= 15 is 0 Å². The van der Waals surface area contributed by atoms with Gasteiger partial charge in [0.05, 0.1) is 12.6 Å². The molecular formula is C13H18ClN5. The van der Waals surface area contributed by atoms with Crippen LogP contribution >= 0.6 is 11.6 Å². The number of benzene rings is 1. The van der Waals surface area contributed by atoms with E-state index in [1.807, 2.05) is 50.2 Å². The van der Waals surface area contributed by atoms with Gasteiger partial charge in [-0.15, -0.1) is 0 Å². The average Bonchev–Trinajstić information content (AvgIpc) is 2.54. The summed E-state index contributed by atoms with van der Waals surface area (Å²) in [4.78, 5) is 10.9. The third kappa shape index (κ3) is 3.86. The quantitative estimate of drug-likeness (QED) is 0.827. The summed E-state index contributed by atoms with van der Waals surface area (Å²) in [6, 6.07) is 7.64. The maximum absolute atomic E-state index is 5.87. The van der Waals surface area contributed by atoms with Crippen molar-refractivity contribution < 1.29 is 0 Å². The molecule has 0 bridgehead atoms. The molecule has 0 aliphatic carbocycles. The lowest BCUT2D eigenvalue weighted by Crippen LogP contribution is -2.42. The van der Waals surface area contributed by atoms with Crippen molar-refractivity contribution in [3.63, 3.8) is 0 Å². The molecule has 6 heteroatoms. The number of nitrogens with zero attached hydrogens (tertiary/aromatic N) is 3. The van der Waals surface area contributed by atoms with Crippen LogP contribution in [0.5, 0.6) is 0 Å². The van der Waals surface area contributed by atoms with Crippen LogP contribution in [-0.2, 0) is 0 Å². The predicted molar refractivity (Wildman–Crippen MR) is 81.1 cm³/mol. The molecule has 2 rings (SSSR count). The zero-order chi connectivity index (χ0) is 13.8. The highest BCUT2D eigenvalue weighted by Gasteiger charge is 2.13. The highest BCUT2D eigenvalue weighted by Crippen LogP contribution is 2.13. The smallest absolute Gasteiger partial charge is 0.202 e. The van der Waals surface area contributed by atoms with Gasteiger partial charge in [-0.1, -0.05) is 11.6 Å². The summed E-state index contributed by atoms with van der Waals surface area (Å²) >= 11 is 5.87. The van der Waals surface area contributed by atoms with Gasteiger partial charge in [0.1, 0.15) is 0 Å². The molecule has 19 heavy (non-hydrogen) atoms. The number of aliphatic imine (C=N–C) groups is 2. The number of guanidine groups is 2. The van der Waals surface area contributed by atoms with Crippen LogP contribution in [0, 0.1) is 0 Å². The zero-order valence-electron chi connectivity index (χ0n) is 11.3. The monoisotopic (exact) mass is 279 g/mol. The van der Waals surface area contributed by atoms with Gasteiger partial charge in [-0.25, -0.2) is 4.99 Å². The summed E-state index contributed by atoms with van der Waals surface area (Å²) in [6.07, 6.45) is 0. The van der Waals surface area contributed by atoms with Crippen molar-refractivity contribution in [1.29, 1.82) is 0 Å². The fraction of sp³-hybridized carbons (Fsp3) is 0.385. The molecule has 0 saturated heterocycles. The summed E-state index contributed by atoms with van der Waals surface area (Å²) in [6.45, 7) is 2.71. The van der Waals surface area contributed by atoms with Gasteiger partial charge in [0, 0.05) is 24.8 Å². The molecule has 0 fully saturated rings. The second kappa shape index (κ2) is 5.93. The standard InChI is InChI=1S/C13H18ClN5/c1-9-8-15-13(19(2)3)18-12(16-9)17-11-6-4-10(14)5-7-11/h4-7,9H,8H2,1-3H3,(H2,15,16,17,18). The van der Waals surface area contributed by atoms with E-state index in [0.717, 1.165) is 11.6 Å². The first kappa shape index (κ1) is 13.7. The van der Waals surface area contributed by atoms with Gasteiger partial charge in [-0.3, -0.25) is 10.3 Å². The molecule has 1 aromatic carbocycles. The van der Waals surface area contributed by atoms with E-state index < -0.39 is 0 Å². The second-order valence-corrected chi connectivity index (χ2v) is 5.08. The Morgan fingerprint density at radius 1 is 1.32 bits per heavy atom. The number of halogens is 1. The maximum atomic E-state index is 5.87. The molecule has 1 aliphatic rings. The van der Waals surface area contributed by atoms with Crippen LogP contribution in [0.2, 0.25) is 5.02 Å². The zero-order valence-corrected chi connectivity index (χ0v) is 12.1. The molecule has 0 radical (unpaired) electrons. The van der Waals surface area contributed by atoms with E-state index in [9.17, 15) is 0 Å². The molecule has 0 aromatic heterocycles. The second-order valence-electron chi connectivity index (χ2n) is 4.64. The largest absolute Gasteiger partial charge is 0.349 e. The number of hydrogen-bond donors (Lipinski definition) is 2. The highest BCUT2D eigenvalue weighted by molar-refractivity contribution is 6.30. The van der Waals surface area contributed by atoms with Crippen molar-refractivity contribution in [3.05, 3.63) is 29.3 Å². The Kier molecular flexibility index (Phi) is 4.27. The van der Waals surface area contributed by atoms with E-state index in [1.165, 1.54) is 0 Å². The highest BCUT2D eigenvalue weighted by atomic mass is 35.5. The molecule has 0 amide bonds. The molecule has 1 atom stereocenters. The minimum atomic E-state index is 0.139. The first-order chi connectivity index (χ1) is 9.04. The normalized spacial score (nSPS) is 18.8. The molecular weight excluding hydrogens is 262 g/mol. The third-order valence-corrected chi connectivity index (χ3v) is 2.87. The summed E-state index contributed by atoms with van der Waals surface area (Å²) in [5.41, 5.74) is 0.933. The summed E-state index contributed by atoms with van der Waals surface area (Å²) in [5, 5.41) is 7.14. The van der Waals surface area contributed by atoms with Crippen molar-refractivity contribution in [1.82, 2.24) is 10.2 Å². The van der Waals surface area contributed by atoms with Gasteiger partial charge in [0.15, 0.2) is 5.96 Å². The van der Waals surface area contributed by atoms with E-state index in [4.69, 9.17) is 11.6 Å². The first-order valence-electron chi connectivity index (χ1n) is 6.14. The van der Waals surface area contributed by atoms with Gasteiger partial charge < -0.3 is 10.2 Å². The Bertz CT molecular complexity index is 492. The first-order valence-corrected chi connectivity index (χ1v) is 6.51. The molecule has 1 aromatic rings. The van der Waals surface area contributed by atoms with Crippen LogP contribution < -0.4 is 10.6 Å². The minimum absolute atomic E-state index is 0.139. The van der Waals surface area contributed by atoms with E-state index in [0.29, 0.717) is 17.5 Å².